The molecule has 0 spiro atoms. The molecule has 0 aliphatic carbocycles. The quantitative estimate of drug-likeness (QED) is 0.116. The maximum absolute atomic E-state index is 14.7. The van der Waals surface area contributed by atoms with Crippen molar-refractivity contribution in [1.82, 2.24) is 0 Å². The molecule has 0 radical (unpaired) electrons. The summed E-state index contributed by atoms with van der Waals surface area (Å²) in [6.07, 6.45) is 0. The lowest BCUT2D eigenvalue weighted by Gasteiger charge is -2.03. The molecule has 0 fully saturated rings. The highest BCUT2D eigenvalue weighted by molar-refractivity contribution is 5.89. The molecule has 0 atom stereocenters. The number of benzene rings is 4. The summed E-state index contributed by atoms with van der Waals surface area (Å²) in [5.41, 5.74) is 4.36. The number of ether oxygens (including phenoxy) is 2. The van der Waals surface area contributed by atoms with Gasteiger partial charge in [0.1, 0.15) is 17.3 Å². The molecule has 0 N–H and O–H groups in total. The fourth-order valence-corrected chi connectivity index (χ4v) is 3.36. The minimum Gasteiger partial charge on any atom is -0.423 e. The van der Waals surface area contributed by atoms with Gasteiger partial charge in [0.25, 0.3) is 0 Å². The van der Waals surface area contributed by atoms with Gasteiger partial charge in [-0.2, -0.15) is 0 Å². The maximum atomic E-state index is 14.7. The third-order valence-corrected chi connectivity index (χ3v) is 5.72. The zero-order valence-electron chi connectivity index (χ0n) is 23.6. The Labute approximate surface area is 250 Å². The smallest absolute Gasteiger partial charge is 0.338 e. The molecule has 0 saturated carbocycles. The Morgan fingerprint density at radius 2 is 0.860 bits per heavy atom. The van der Waals surface area contributed by atoms with E-state index in [2.05, 4.69) is 48.7 Å². The second-order valence-electron chi connectivity index (χ2n) is 9.41. The van der Waals surface area contributed by atoms with Crippen LogP contribution in [0.25, 0.3) is 0 Å². The topological polar surface area (TPSA) is 52.6 Å². The minimum atomic E-state index is -0.495. The normalized spacial score (nSPS) is 9.56. The number of rotatable bonds is 4. The Balaban J connectivity index is 1.36. The van der Waals surface area contributed by atoms with Gasteiger partial charge in [-0.1, -0.05) is 48.7 Å². The Kier molecular flexibility index (Phi) is 9.73. The van der Waals surface area contributed by atoms with Gasteiger partial charge >= 0.3 is 11.9 Å². The second kappa shape index (κ2) is 14.0. The van der Waals surface area contributed by atoms with Gasteiger partial charge in [-0.15, -0.1) is 0 Å². The van der Waals surface area contributed by atoms with Crippen molar-refractivity contribution in [1.29, 1.82) is 0 Å². The molecule has 0 bridgehead atoms. The minimum absolute atomic E-state index is 0.260. The predicted octanol–water partition coefficient (Wildman–Crippen LogP) is 6.99. The van der Waals surface area contributed by atoms with Gasteiger partial charge in [-0.3, -0.25) is 0 Å². The Hall–Kier alpha value is -6.09. The third-order valence-electron chi connectivity index (χ3n) is 5.72. The molecule has 4 aromatic rings. The lowest BCUT2D eigenvalue weighted by Crippen LogP contribution is -2.07. The summed E-state index contributed by atoms with van der Waals surface area (Å²) in [4.78, 5) is 23.2. The molecular formula is C38H25FO4. The first-order valence-electron chi connectivity index (χ1n) is 13.1. The van der Waals surface area contributed by atoms with Crippen molar-refractivity contribution < 1.29 is 23.5 Å². The van der Waals surface area contributed by atoms with Crippen molar-refractivity contribution in [2.45, 2.75) is 13.8 Å². The van der Waals surface area contributed by atoms with Crippen molar-refractivity contribution in [3.8, 4) is 47.0 Å². The average molecular weight is 565 g/mol. The number of halogens is 1. The molecule has 0 heterocycles. The van der Waals surface area contributed by atoms with E-state index in [1.54, 1.807) is 74.5 Å². The number of hydrogen-bond acceptors (Lipinski definition) is 4. The number of hydrogen-bond donors (Lipinski definition) is 0. The summed E-state index contributed by atoms with van der Waals surface area (Å²) >= 11 is 0. The fraction of sp³-hybridized carbons (Fsp3) is 0.0526. The van der Waals surface area contributed by atoms with Gasteiger partial charge in [0.15, 0.2) is 0 Å². The third kappa shape index (κ3) is 8.95. The van der Waals surface area contributed by atoms with Gasteiger partial charge in [0, 0.05) is 39.0 Å². The molecular weight excluding hydrogens is 539 g/mol. The lowest BCUT2D eigenvalue weighted by atomic mass is 10.1. The van der Waals surface area contributed by atoms with E-state index in [1.807, 2.05) is 24.3 Å². The monoisotopic (exact) mass is 564 g/mol. The highest BCUT2D eigenvalue weighted by atomic mass is 19.1. The van der Waals surface area contributed by atoms with E-state index in [1.165, 1.54) is 6.07 Å². The zero-order valence-corrected chi connectivity index (χ0v) is 23.6. The van der Waals surface area contributed by atoms with Crippen LogP contribution < -0.4 is 9.47 Å². The van der Waals surface area contributed by atoms with Crippen LogP contribution in [0.4, 0.5) is 4.39 Å². The van der Waals surface area contributed by atoms with Crippen LogP contribution in [0.15, 0.2) is 115 Å². The van der Waals surface area contributed by atoms with Crippen molar-refractivity contribution in [2.24, 2.45) is 0 Å². The Bertz CT molecular complexity index is 1900. The van der Waals surface area contributed by atoms with Crippen LogP contribution in [0.2, 0.25) is 0 Å². The van der Waals surface area contributed by atoms with Crippen molar-refractivity contribution in [2.75, 3.05) is 0 Å². The highest BCUT2D eigenvalue weighted by Crippen LogP contribution is 2.15. The van der Waals surface area contributed by atoms with E-state index >= 15 is 0 Å². The predicted molar refractivity (Wildman–Crippen MR) is 165 cm³/mol. The van der Waals surface area contributed by atoms with Gasteiger partial charge in [-0.05, 0) is 105 Å². The van der Waals surface area contributed by atoms with Crippen molar-refractivity contribution in [3.05, 3.63) is 154 Å². The maximum Gasteiger partial charge on any atom is 0.338 e. The molecule has 43 heavy (non-hydrogen) atoms. The molecule has 0 unspecified atom stereocenters. The van der Waals surface area contributed by atoms with Crippen LogP contribution in [-0.2, 0) is 9.59 Å². The van der Waals surface area contributed by atoms with E-state index in [0.29, 0.717) is 33.8 Å². The summed E-state index contributed by atoms with van der Waals surface area (Å²) in [6, 6.07) is 25.5. The first kappa shape index (κ1) is 29.9. The molecule has 5 heteroatoms. The summed E-state index contributed by atoms with van der Waals surface area (Å²) in [5, 5.41) is 0. The first-order chi connectivity index (χ1) is 20.7. The summed E-state index contributed by atoms with van der Waals surface area (Å²) in [7, 11) is 0. The molecule has 4 rings (SSSR count). The molecule has 0 aliphatic heterocycles. The standard InChI is InChI=1S/C38H25FO4/c1-26(2)37(40)42-34-21-15-30(16-22-34)10-7-28-5-8-29(9-6-28)13-19-33-20-14-32(25-36(33)39)12-11-31-17-23-35(24-18-31)43-38(41)27(3)4/h5-6,8-9,14-18,20-25H,1,3H2,2,4H3. The largest absolute Gasteiger partial charge is 0.423 e. The lowest BCUT2D eigenvalue weighted by molar-refractivity contribution is -0.130. The molecule has 4 aromatic carbocycles. The molecule has 0 aliphatic rings. The molecule has 208 valence electrons. The fourth-order valence-electron chi connectivity index (χ4n) is 3.36. The van der Waals surface area contributed by atoms with Crippen molar-refractivity contribution in [3.63, 3.8) is 0 Å². The van der Waals surface area contributed by atoms with Crippen LogP contribution >= 0.6 is 0 Å². The van der Waals surface area contributed by atoms with Crippen LogP contribution in [0.1, 0.15) is 47.2 Å². The van der Waals surface area contributed by atoms with Crippen molar-refractivity contribution >= 4 is 11.9 Å². The molecule has 0 saturated heterocycles. The number of carbonyl (C=O) groups excluding carboxylic acids is 2. The summed E-state index contributed by atoms with van der Waals surface area (Å²) < 4.78 is 25.0. The van der Waals surface area contributed by atoms with Gasteiger partial charge in [0.2, 0.25) is 0 Å². The zero-order chi connectivity index (χ0) is 30.8. The van der Waals surface area contributed by atoms with Crippen LogP contribution in [-0.4, -0.2) is 11.9 Å². The van der Waals surface area contributed by atoms with E-state index in [0.717, 1.165) is 16.7 Å². The van der Waals surface area contributed by atoms with Gasteiger partial charge in [0.05, 0.1) is 5.56 Å². The summed E-state index contributed by atoms with van der Waals surface area (Å²) in [5.74, 6) is 17.2. The van der Waals surface area contributed by atoms with Gasteiger partial charge < -0.3 is 9.47 Å². The summed E-state index contributed by atoms with van der Waals surface area (Å²) in [6.45, 7) is 10.3. The van der Waals surface area contributed by atoms with Crippen LogP contribution in [0.3, 0.4) is 0 Å². The van der Waals surface area contributed by atoms with E-state index in [-0.39, 0.29) is 5.56 Å². The highest BCUT2D eigenvalue weighted by Gasteiger charge is 2.06. The Morgan fingerprint density at radius 3 is 1.23 bits per heavy atom. The van der Waals surface area contributed by atoms with Crippen LogP contribution in [0, 0.1) is 41.3 Å². The molecule has 4 nitrogen and oxygen atoms in total. The first-order valence-corrected chi connectivity index (χ1v) is 13.1. The van der Waals surface area contributed by atoms with Crippen LogP contribution in [0.5, 0.6) is 11.5 Å². The Morgan fingerprint density at radius 1 is 0.535 bits per heavy atom. The molecule has 0 aromatic heterocycles. The van der Waals surface area contributed by atoms with E-state index in [9.17, 15) is 14.0 Å². The SMILES string of the molecule is C=C(C)C(=O)Oc1ccc(C#Cc2ccc(C#Cc3ccc(C#Cc4ccc(OC(=O)C(=C)C)cc4)cc3F)cc2)cc1. The number of carbonyl (C=O) groups is 2. The number of esters is 2. The van der Waals surface area contributed by atoms with Gasteiger partial charge in [-0.25, -0.2) is 14.0 Å². The van der Waals surface area contributed by atoms with E-state index < -0.39 is 17.8 Å². The second-order valence-corrected chi connectivity index (χ2v) is 9.41. The average Bonchev–Trinajstić information content (AvgIpc) is 3.00. The van der Waals surface area contributed by atoms with E-state index in [4.69, 9.17) is 9.47 Å². The molecule has 0 amide bonds.